The summed E-state index contributed by atoms with van der Waals surface area (Å²) in [6.45, 7) is 0. The van der Waals surface area contributed by atoms with Gasteiger partial charge in [0.05, 0.1) is 0 Å². The zero-order valence-electron chi connectivity index (χ0n) is 2.87. The Bertz CT molecular complexity index is 57.8. The van der Waals surface area contributed by atoms with Gasteiger partial charge in [-0.15, -0.1) is 0 Å². The van der Waals surface area contributed by atoms with Gasteiger partial charge in [0.25, 0.3) is 0 Å². The van der Waals surface area contributed by atoms with E-state index in [4.69, 9.17) is 19.2 Å². The average Bonchev–Trinajstić information content (AvgIpc) is 0.722. The summed E-state index contributed by atoms with van der Waals surface area (Å²) in [5.74, 6) is 0. The van der Waals surface area contributed by atoms with Crippen LogP contribution in [0.15, 0.2) is 0 Å². The molecule has 0 aliphatic rings. The maximum atomic E-state index is 8.55. The zero-order valence-corrected chi connectivity index (χ0v) is 5.04. The smallest absolute Gasteiger partial charge is 1.00 e. The minimum absolute atomic E-state index is 0. The molecule has 0 saturated carbocycles. The third kappa shape index (κ3) is 419. The Hall–Kier alpha value is 0.572. The molecule has 4 nitrogen and oxygen atoms in total. The first-order chi connectivity index (χ1) is 2.00. The van der Waals surface area contributed by atoms with E-state index in [0.717, 1.165) is 0 Å². The first-order valence-electron chi connectivity index (χ1n) is 0.730. The van der Waals surface area contributed by atoms with Crippen molar-refractivity contribution < 1.29 is 41.3 Å². The van der Waals surface area contributed by atoms with Gasteiger partial charge in [0.15, 0.2) is 0 Å². The third-order valence-corrected chi connectivity index (χ3v) is 0. The topological polar surface area (TPSA) is 86.2 Å². The van der Waals surface area contributed by atoms with Gasteiger partial charge in [-0.05, 0) is 0 Å². The Morgan fingerprint density at radius 2 is 1.14 bits per heavy atom. The van der Waals surface area contributed by atoms with Gasteiger partial charge < -0.3 is 23.9 Å². The van der Waals surface area contributed by atoms with Crippen LogP contribution in [-0.2, 0) is 21.9 Å². The Labute approximate surface area is 49.9 Å². The van der Waals surface area contributed by atoms with Gasteiger partial charge in [0, 0.05) is 0 Å². The molecule has 7 heavy (non-hydrogen) atoms. The molecule has 0 aromatic carbocycles. The van der Waals surface area contributed by atoms with Crippen LogP contribution in [0.3, 0.4) is 0 Å². The van der Waals surface area contributed by atoms with Crippen LogP contribution in [0.1, 0.15) is 0 Å². The van der Waals surface area contributed by atoms with Crippen LogP contribution in [-0.4, -0.2) is 0 Å². The minimum Gasteiger partial charge on any atom is -1.00 e. The molecule has 0 aliphatic heterocycles. The molecule has 0 amide bonds. The maximum Gasteiger partial charge on any atom is 4.00 e. The van der Waals surface area contributed by atoms with E-state index >= 15 is 0 Å². The van der Waals surface area contributed by atoms with Gasteiger partial charge in [-0.2, -0.15) is 7.82 Å². The minimum atomic E-state index is -5.39. The second kappa shape index (κ2) is 4.72. The first kappa shape index (κ1) is 15.6. The largest absolute Gasteiger partial charge is 4.00 e. The van der Waals surface area contributed by atoms with Gasteiger partial charge in [-0.25, -0.2) is 0 Å². The molecule has 0 spiro atoms. The number of hydrogen-bond acceptors (Lipinski definition) is 4. The zero-order chi connectivity index (χ0) is 4.50. The van der Waals surface area contributed by atoms with Crippen molar-refractivity contribution >= 4 is 7.82 Å². The van der Waals surface area contributed by atoms with E-state index in [9.17, 15) is 0 Å². The van der Waals surface area contributed by atoms with Crippen LogP contribution in [0.25, 0.3) is 0 Å². The number of rotatable bonds is 0. The molecule has 42 valence electrons. The van der Waals surface area contributed by atoms with Crippen molar-refractivity contribution in [3.8, 4) is 0 Å². The third-order valence-electron chi connectivity index (χ3n) is 0. The molecule has 0 unspecified atom stereocenters. The van der Waals surface area contributed by atoms with Crippen molar-refractivity contribution in [3.63, 3.8) is 0 Å². The van der Waals surface area contributed by atoms with Crippen LogP contribution in [0.4, 0.5) is 0 Å². The summed E-state index contributed by atoms with van der Waals surface area (Å²) in [4.78, 5) is 25.6. The van der Waals surface area contributed by atoms with Crippen molar-refractivity contribution in [1.82, 2.24) is 0 Å². The number of phosphoric acid groups is 1. The van der Waals surface area contributed by atoms with E-state index < -0.39 is 7.82 Å². The average molecular weight is 166 g/mol. The van der Waals surface area contributed by atoms with Crippen molar-refractivity contribution in [2.75, 3.05) is 0 Å². The molecule has 0 heterocycles. The molecule has 0 aromatic rings. The number of halogens is 1. The maximum absolute atomic E-state index is 8.55. The van der Waals surface area contributed by atoms with E-state index in [2.05, 4.69) is 0 Å². The number of hydrogen-bond donors (Lipinski definition) is 0. The van der Waals surface area contributed by atoms with Gasteiger partial charge in [0.2, 0.25) is 0 Å². The SMILES string of the molecule is O=P([O-])([O-])[O-].[Cr+4].[F-]. The van der Waals surface area contributed by atoms with Crippen molar-refractivity contribution in [1.29, 1.82) is 0 Å². The normalized spacial score (nSPS) is 8.43. The summed E-state index contributed by atoms with van der Waals surface area (Å²) in [5.41, 5.74) is 0. The first-order valence-corrected chi connectivity index (χ1v) is 2.19. The molecule has 0 atom stereocenters. The van der Waals surface area contributed by atoms with Crippen molar-refractivity contribution in [3.05, 3.63) is 0 Å². The standard InChI is InChI=1S/Cr.FH.H3O4P/c;;1-5(2,3)4/h;1H;(H3,1,2,3,4)/q+4;;/p-4. The molecular weight excluding hydrogens is 166 g/mol. The fraction of sp³-hybridized carbons (Fsp3) is 0. The van der Waals surface area contributed by atoms with Gasteiger partial charge >= 0.3 is 17.4 Å². The molecule has 0 rings (SSSR count). The van der Waals surface area contributed by atoms with Crippen LogP contribution >= 0.6 is 7.82 Å². The molecule has 7 heteroatoms. The molecule has 0 saturated heterocycles. The Kier molecular flexibility index (Phi) is 10.6. The molecule has 0 bridgehead atoms. The van der Waals surface area contributed by atoms with E-state index in [0.29, 0.717) is 0 Å². The predicted octanol–water partition coefficient (Wildman–Crippen LogP) is -5.82. The fourth-order valence-corrected chi connectivity index (χ4v) is 0. The summed E-state index contributed by atoms with van der Waals surface area (Å²) < 4.78 is 8.55. The Morgan fingerprint density at radius 3 is 1.14 bits per heavy atom. The van der Waals surface area contributed by atoms with Crippen molar-refractivity contribution in [2.24, 2.45) is 0 Å². The summed E-state index contributed by atoms with van der Waals surface area (Å²) >= 11 is 0. The molecule has 0 radical (unpaired) electrons. The van der Waals surface area contributed by atoms with E-state index in [1.165, 1.54) is 0 Å². The monoisotopic (exact) mass is 166 g/mol. The second-order valence-corrected chi connectivity index (χ2v) is 1.34. The summed E-state index contributed by atoms with van der Waals surface area (Å²) in [6, 6.07) is 0. The second-order valence-electron chi connectivity index (χ2n) is 0.447. The summed E-state index contributed by atoms with van der Waals surface area (Å²) in [5, 5.41) is 0. The molecule has 0 aromatic heterocycles. The van der Waals surface area contributed by atoms with Crippen LogP contribution < -0.4 is 19.4 Å². The molecular formula is CrFO4P. The summed E-state index contributed by atoms with van der Waals surface area (Å²) in [7, 11) is -5.39. The van der Waals surface area contributed by atoms with Crippen LogP contribution in [0.5, 0.6) is 0 Å². The van der Waals surface area contributed by atoms with Gasteiger partial charge in [-0.1, -0.05) is 0 Å². The predicted molar refractivity (Wildman–Crippen MR) is 7.61 cm³/mol. The van der Waals surface area contributed by atoms with Gasteiger partial charge in [-0.3, -0.25) is 0 Å². The Balaban J connectivity index is -0.0000000800. The van der Waals surface area contributed by atoms with E-state index in [1.54, 1.807) is 0 Å². The van der Waals surface area contributed by atoms with Crippen LogP contribution in [0.2, 0.25) is 0 Å². The molecule has 0 aliphatic carbocycles. The van der Waals surface area contributed by atoms with E-state index in [1.807, 2.05) is 0 Å². The van der Waals surface area contributed by atoms with Gasteiger partial charge in [0.1, 0.15) is 0 Å². The van der Waals surface area contributed by atoms with Crippen molar-refractivity contribution in [2.45, 2.75) is 0 Å². The van der Waals surface area contributed by atoms with E-state index in [-0.39, 0.29) is 22.1 Å². The molecule has 0 N–H and O–H groups in total. The fourth-order valence-electron chi connectivity index (χ4n) is 0. The summed E-state index contributed by atoms with van der Waals surface area (Å²) in [6.07, 6.45) is 0. The molecule has 0 fully saturated rings. The Morgan fingerprint density at radius 1 is 1.14 bits per heavy atom. The quantitative estimate of drug-likeness (QED) is 0.335. The van der Waals surface area contributed by atoms with Crippen LogP contribution in [0, 0.1) is 0 Å².